The highest BCUT2D eigenvalue weighted by Crippen LogP contribution is 2.22. The second-order valence-electron chi connectivity index (χ2n) is 6.05. The molecule has 2 atom stereocenters. The van der Waals surface area contributed by atoms with E-state index in [1.54, 1.807) is 12.0 Å². The fraction of sp³-hybridized carbons (Fsp3) is 0.611. The fourth-order valence-corrected chi connectivity index (χ4v) is 3.09. The first-order chi connectivity index (χ1) is 11.1. The van der Waals surface area contributed by atoms with E-state index in [9.17, 15) is 9.90 Å². The molecule has 5 heteroatoms. The predicted molar refractivity (Wildman–Crippen MR) is 90.4 cm³/mol. The Morgan fingerprint density at radius 2 is 1.96 bits per heavy atom. The molecular weight excluding hydrogens is 292 g/mol. The second-order valence-corrected chi connectivity index (χ2v) is 6.05. The van der Waals surface area contributed by atoms with Crippen LogP contribution in [0.1, 0.15) is 36.2 Å². The Morgan fingerprint density at radius 3 is 2.48 bits per heavy atom. The highest BCUT2D eigenvalue weighted by atomic mass is 16.5. The number of amides is 1. The quantitative estimate of drug-likeness (QED) is 0.832. The Hall–Kier alpha value is -1.43. The molecule has 2 rings (SSSR count). The molecule has 0 aliphatic carbocycles. The minimum absolute atomic E-state index is 0.0121. The van der Waals surface area contributed by atoms with E-state index in [4.69, 9.17) is 4.74 Å². The van der Waals surface area contributed by atoms with E-state index in [2.05, 4.69) is 18.7 Å². The molecule has 0 unspecified atom stereocenters. The monoisotopic (exact) mass is 320 g/mol. The average Bonchev–Trinajstić information content (AvgIpc) is 3.03. The Balaban J connectivity index is 2.05. The molecule has 1 aliphatic rings. The third kappa shape index (κ3) is 4.31. The smallest absolute Gasteiger partial charge is 0.254 e. The van der Waals surface area contributed by atoms with Crippen LogP contribution in [0, 0.1) is 0 Å². The third-order valence-electron chi connectivity index (χ3n) is 4.68. The number of hydrogen-bond acceptors (Lipinski definition) is 4. The lowest BCUT2D eigenvalue weighted by atomic mass is 10.1. The lowest BCUT2D eigenvalue weighted by Crippen LogP contribution is -2.38. The van der Waals surface area contributed by atoms with Crippen LogP contribution in [0.15, 0.2) is 24.3 Å². The highest BCUT2D eigenvalue weighted by Gasteiger charge is 2.35. The van der Waals surface area contributed by atoms with Crippen molar-refractivity contribution in [3.8, 4) is 0 Å². The van der Waals surface area contributed by atoms with Crippen LogP contribution in [0.5, 0.6) is 0 Å². The third-order valence-corrected chi connectivity index (χ3v) is 4.68. The molecule has 0 aromatic heterocycles. The molecule has 0 radical (unpaired) electrons. The van der Waals surface area contributed by atoms with Gasteiger partial charge in [0.15, 0.2) is 0 Å². The van der Waals surface area contributed by atoms with E-state index in [0.29, 0.717) is 18.5 Å². The molecule has 1 aliphatic heterocycles. The van der Waals surface area contributed by atoms with Crippen molar-refractivity contribution >= 4 is 5.91 Å². The Kier molecular flexibility index (Phi) is 6.57. The summed E-state index contributed by atoms with van der Waals surface area (Å²) in [5.74, 6) is -0.0296. The van der Waals surface area contributed by atoms with Crippen LogP contribution in [0.4, 0.5) is 0 Å². The summed E-state index contributed by atoms with van der Waals surface area (Å²) in [6.45, 7) is 7.75. The van der Waals surface area contributed by atoms with E-state index < -0.39 is 0 Å². The van der Waals surface area contributed by atoms with Crippen molar-refractivity contribution in [2.24, 2.45) is 0 Å². The molecule has 0 spiro atoms. The minimum atomic E-state index is -0.150. The topological polar surface area (TPSA) is 53.0 Å². The zero-order chi connectivity index (χ0) is 16.8. The van der Waals surface area contributed by atoms with Gasteiger partial charge in [-0.1, -0.05) is 26.0 Å². The number of benzene rings is 1. The summed E-state index contributed by atoms with van der Waals surface area (Å²) >= 11 is 0. The Labute approximate surface area is 138 Å². The van der Waals surface area contributed by atoms with Crippen molar-refractivity contribution in [3.05, 3.63) is 35.4 Å². The highest BCUT2D eigenvalue weighted by molar-refractivity contribution is 5.94. The number of nitrogens with zero attached hydrogens (tertiary/aromatic N) is 2. The van der Waals surface area contributed by atoms with Gasteiger partial charge in [-0.2, -0.15) is 0 Å². The normalized spacial score (nSPS) is 21.2. The summed E-state index contributed by atoms with van der Waals surface area (Å²) in [7, 11) is 1.65. The van der Waals surface area contributed by atoms with Gasteiger partial charge in [0.2, 0.25) is 0 Å². The number of hydrogen-bond donors (Lipinski definition) is 1. The van der Waals surface area contributed by atoms with Crippen LogP contribution in [-0.2, 0) is 11.3 Å². The van der Waals surface area contributed by atoms with E-state index in [1.807, 2.05) is 24.3 Å². The zero-order valence-electron chi connectivity index (χ0n) is 14.4. The van der Waals surface area contributed by atoms with Crippen LogP contribution in [-0.4, -0.2) is 66.3 Å². The summed E-state index contributed by atoms with van der Waals surface area (Å²) in [4.78, 5) is 16.7. The minimum Gasteiger partial charge on any atom is -0.394 e. The van der Waals surface area contributed by atoms with Gasteiger partial charge in [-0.15, -0.1) is 0 Å². The number of aliphatic hydroxyl groups is 1. The van der Waals surface area contributed by atoms with E-state index in [1.165, 1.54) is 5.56 Å². The van der Waals surface area contributed by atoms with Gasteiger partial charge in [0.25, 0.3) is 5.91 Å². The van der Waals surface area contributed by atoms with Crippen molar-refractivity contribution < 1.29 is 14.6 Å². The van der Waals surface area contributed by atoms with E-state index in [0.717, 1.165) is 19.6 Å². The summed E-state index contributed by atoms with van der Waals surface area (Å²) in [6.07, 6.45) is 0.705. The molecule has 1 N–H and O–H groups in total. The number of likely N-dealkylation sites (tertiary alicyclic amines) is 1. The standard InChI is InChI=1S/C18H28N2O3/c1-4-19(5-2)11-14-6-8-15(9-7-14)18(22)20-12-17(23-3)10-16(20)13-21/h6-9,16-17,21H,4-5,10-13H2,1-3H3/t16-,17-/m0/s1. The number of aliphatic hydroxyl groups excluding tert-OH is 1. The van der Waals surface area contributed by atoms with Gasteiger partial charge in [-0.25, -0.2) is 0 Å². The second kappa shape index (κ2) is 8.43. The summed E-state index contributed by atoms with van der Waals surface area (Å²) in [5, 5.41) is 9.49. The van der Waals surface area contributed by atoms with Crippen LogP contribution in [0.2, 0.25) is 0 Å². The van der Waals surface area contributed by atoms with Gasteiger partial charge in [0.05, 0.1) is 18.8 Å². The first kappa shape index (κ1) is 17.9. The van der Waals surface area contributed by atoms with Crippen molar-refractivity contribution in [2.45, 2.75) is 39.0 Å². The molecule has 5 nitrogen and oxygen atoms in total. The van der Waals surface area contributed by atoms with Crippen molar-refractivity contribution in [2.75, 3.05) is 33.4 Å². The van der Waals surface area contributed by atoms with Gasteiger partial charge >= 0.3 is 0 Å². The SMILES string of the molecule is CCN(CC)Cc1ccc(C(=O)N2C[C@@H](OC)C[C@H]2CO)cc1. The van der Waals surface area contributed by atoms with Crippen molar-refractivity contribution in [1.29, 1.82) is 0 Å². The molecule has 1 aromatic rings. The summed E-state index contributed by atoms with van der Waals surface area (Å²) in [5.41, 5.74) is 1.88. The van der Waals surface area contributed by atoms with Crippen molar-refractivity contribution in [3.63, 3.8) is 0 Å². The largest absolute Gasteiger partial charge is 0.394 e. The molecule has 0 saturated carbocycles. The van der Waals surface area contributed by atoms with Gasteiger partial charge in [0, 0.05) is 25.8 Å². The number of carbonyl (C=O) groups is 1. The van der Waals surface area contributed by atoms with Gasteiger partial charge in [-0.3, -0.25) is 9.69 Å². The average molecular weight is 320 g/mol. The van der Waals surface area contributed by atoms with Gasteiger partial charge in [0.1, 0.15) is 0 Å². The molecule has 1 amide bonds. The Morgan fingerprint density at radius 1 is 1.30 bits per heavy atom. The molecule has 1 fully saturated rings. The van der Waals surface area contributed by atoms with Gasteiger partial charge in [-0.05, 0) is 37.2 Å². The lowest BCUT2D eigenvalue weighted by Gasteiger charge is -2.23. The number of ether oxygens (including phenoxy) is 1. The molecule has 1 saturated heterocycles. The van der Waals surface area contributed by atoms with Crippen LogP contribution < -0.4 is 0 Å². The maximum Gasteiger partial charge on any atom is 0.254 e. The molecule has 23 heavy (non-hydrogen) atoms. The molecule has 1 heterocycles. The maximum absolute atomic E-state index is 12.7. The number of rotatable bonds is 7. The van der Waals surface area contributed by atoms with E-state index in [-0.39, 0.29) is 24.7 Å². The first-order valence-electron chi connectivity index (χ1n) is 8.38. The summed E-state index contributed by atoms with van der Waals surface area (Å²) in [6, 6.07) is 7.65. The van der Waals surface area contributed by atoms with E-state index >= 15 is 0 Å². The fourth-order valence-electron chi connectivity index (χ4n) is 3.09. The zero-order valence-corrected chi connectivity index (χ0v) is 14.4. The predicted octanol–water partition coefficient (Wildman–Crippen LogP) is 1.75. The molecular formula is C18H28N2O3. The molecule has 1 aromatic carbocycles. The van der Waals surface area contributed by atoms with Crippen LogP contribution in [0.3, 0.4) is 0 Å². The Bertz CT molecular complexity index is 499. The van der Waals surface area contributed by atoms with Crippen LogP contribution in [0.25, 0.3) is 0 Å². The number of carbonyl (C=O) groups excluding carboxylic acids is 1. The summed E-state index contributed by atoms with van der Waals surface area (Å²) < 4.78 is 5.34. The van der Waals surface area contributed by atoms with Gasteiger partial charge < -0.3 is 14.7 Å². The van der Waals surface area contributed by atoms with Crippen molar-refractivity contribution in [1.82, 2.24) is 9.80 Å². The number of methoxy groups -OCH3 is 1. The maximum atomic E-state index is 12.7. The first-order valence-corrected chi connectivity index (χ1v) is 8.38. The molecule has 128 valence electrons. The molecule has 0 bridgehead atoms. The van der Waals surface area contributed by atoms with Crippen LogP contribution >= 0.6 is 0 Å². The lowest BCUT2D eigenvalue weighted by molar-refractivity contribution is 0.0648.